The Kier molecular flexibility index (Phi) is 58.6. The topological polar surface area (TPSA) is 83.1 Å². The first kappa shape index (κ1) is 70.6. The third-order valence-electron chi connectivity index (χ3n) is 14.7. The van der Waals surface area contributed by atoms with Gasteiger partial charge in [-0.05, 0) is 25.7 Å². The van der Waals surface area contributed by atoms with Crippen LogP contribution in [0.15, 0.2) is 0 Å². The van der Waals surface area contributed by atoms with Gasteiger partial charge in [-0.15, -0.1) is 0 Å². The van der Waals surface area contributed by atoms with Crippen LogP contribution in [-0.2, 0) is 42.6 Å². The first-order chi connectivity index (χ1) is 35.0. The molecule has 0 aromatic rings. The van der Waals surface area contributed by atoms with Crippen LogP contribution in [0.3, 0.4) is 0 Å². The minimum atomic E-state index is -0.202. The maximum Gasteiger partial charge on any atom is 0.104 e. The van der Waals surface area contributed by atoms with E-state index in [0.29, 0.717) is 65.1 Å². The highest BCUT2D eigenvalue weighted by molar-refractivity contribution is 4.67. The van der Waals surface area contributed by atoms with Crippen molar-refractivity contribution in [3.8, 4) is 0 Å². The maximum absolute atomic E-state index is 6.57. The number of unbranched alkanes of at least 4 members (excludes halogenated alkanes) is 32. The maximum atomic E-state index is 6.57. The standard InChI is InChI=1S/C62H126O9/c1-9-13-17-21-25-29-33-37-41-45-57(46-42-38-34-30-26-22-18-14-10-2)70-55-61(65-7)53-68-51-59(63-5)49-67-50-60(64-6)52-69-54-62(66-8)56-71-58(47-43-39-35-31-27-23-19-15-11-3)48-44-40-36-32-28-24-20-16-12-4/h57-62H,9-56H2,1-8H3. The van der Waals surface area contributed by atoms with Gasteiger partial charge in [-0.3, -0.25) is 0 Å². The molecule has 428 valence electrons. The van der Waals surface area contributed by atoms with Crippen LogP contribution < -0.4 is 0 Å². The number of hydrogen-bond donors (Lipinski definition) is 0. The molecule has 0 radical (unpaired) electrons. The van der Waals surface area contributed by atoms with E-state index in [0.717, 1.165) is 25.7 Å². The monoisotopic (exact) mass is 1010 g/mol. The highest BCUT2D eigenvalue weighted by Gasteiger charge is 2.19. The molecule has 0 aromatic heterocycles. The predicted octanol–water partition coefficient (Wildman–Crippen LogP) is 17.6. The Morgan fingerprint density at radius 2 is 0.366 bits per heavy atom. The lowest BCUT2D eigenvalue weighted by Crippen LogP contribution is -2.33. The van der Waals surface area contributed by atoms with E-state index < -0.39 is 0 Å². The molecule has 4 atom stereocenters. The highest BCUT2D eigenvalue weighted by atomic mass is 16.6. The van der Waals surface area contributed by atoms with Crippen molar-refractivity contribution in [2.45, 2.75) is 321 Å². The number of hydrogen-bond acceptors (Lipinski definition) is 9. The van der Waals surface area contributed by atoms with Crippen molar-refractivity contribution in [2.75, 3.05) is 81.3 Å². The first-order valence-corrected chi connectivity index (χ1v) is 31.1. The van der Waals surface area contributed by atoms with Crippen molar-refractivity contribution in [1.29, 1.82) is 0 Å². The van der Waals surface area contributed by atoms with Gasteiger partial charge < -0.3 is 42.6 Å². The molecule has 0 aliphatic rings. The zero-order valence-corrected chi connectivity index (χ0v) is 49.1. The Bertz CT molecular complexity index is 855. The van der Waals surface area contributed by atoms with Crippen molar-refractivity contribution in [2.24, 2.45) is 0 Å². The number of rotatable bonds is 62. The van der Waals surface area contributed by atoms with Gasteiger partial charge in [0.25, 0.3) is 0 Å². The Hall–Kier alpha value is -0.360. The number of ether oxygens (including phenoxy) is 9. The summed E-state index contributed by atoms with van der Waals surface area (Å²) in [5.41, 5.74) is 0. The fraction of sp³-hybridized carbons (Fsp3) is 1.00. The molecule has 0 amide bonds. The quantitative estimate of drug-likeness (QED) is 0.0553. The fourth-order valence-electron chi connectivity index (χ4n) is 9.57. The van der Waals surface area contributed by atoms with Crippen molar-refractivity contribution in [3.63, 3.8) is 0 Å². The van der Waals surface area contributed by atoms with Gasteiger partial charge in [0.05, 0.1) is 65.1 Å². The minimum Gasteiger partial charge on any atom is -0.377 e. The van der Waals surface area contributed by atoms with Crippen LogP contribution >= 0.6 is 0 Å². The van der Waals surface area contributed by atoms with E-state index in [1.807, 2.05) is 0 Å². The van der Waals surface area contributed by atoms with Crippen molar-refractivity contribution < 1.29 is 42.6 Å². The molecule has 0 saturated carbocycles. The summed E-state index contributed by atoms with van der Waals surface area (Å²) in [4.78, 5) is 0. The molecule has 0 N–H and O–H groups in total. The molecule has 0 saturated heterocycles. The smallest absolute Gasteiger partial charge is 0.104 e. The lowest BCUT2D eigenvalue weighted by molar-refractivity contribution is -0.105. The molecule has 4 unspecified atom stereocenters. The average Bonchev–Trinajstić information content (AvgIpc) is 3.38. The zero-order valence-electron chi connectivity index (χ0n) is 49.1. The Balaban J connectivity index is 4.73. The van der Waals surface area contributed by atoms with Crippen LogP contribution in [0.25, 0.3) is 0 Å². The van der Waals surface area contributed by atoms with Crippen molar-refractivity contribution >= 4 is 0 Å². The van der Waals surface area contributed by atoms with Gasteiger partial charge in [0.2, 0.25) is 0 Å². The fourth-order valence-corrected chi connectivity index (χ4v) is 9.57. The van der Waals surface area contributed by atoms with Crippen LogP contribution in [0.2, 0.25) is 0 Å². The zero-order chi connectivity index (χ0) is 51.8. The summed E-state index contributed by atoms with van der Waals surface area (Å²) in [5.74, 6) is 0. The Morgan fingerprint density at radius 3 is 0.549 bits per heavy atom. The summed E-state index contributed by atoms with van der Waals surface area (Å²) in [6.45, 7) is 12.8. The lowest BCUT2D eigenvalue weighted by Gasteiger charge is -2.24. The van der Waals surface area contributed by atoms with Crippen molar-refractivity contribution in [1.82, 2.24) is 0 Å². The molecule has 0 heterocycles. The highest BCUT2D eigenvalue weighted by Crippen LogP contribution is 2.21. The van der Waals surface area contributed by atoms with E-state index in [1.54, 1.807) is 28.4 Å². The van der Waals surface area contributed by atoms with E-state index >= 15 is 0 Å². The van der Waals surface area contributed by atoms with Gasteiger partial charge in [-0.2, -0.15) is 0 Å². The molecule has 0 fully saturated rings. The largest absolute Gasteiger partial charge is 0.377 e. The van der Waals surface area contributed by atoms with Gasteiger partial charge in [0, 0.05) is 28.4 Å². The molecule has 9 heteroatoms. The van der Waals surface area contributed by atoms with E-state index in [2.05, 4.69) is 27.7 Å². The van der Waals surface area contributed by atoms with Crippen LogP contribution in [-0.4, -0.2) is 118 Å². The molecule has 0 spiro atoms. The van der Waals surface area contributed by atoms with E-state index in [-0.39, 0.29) is 24.4 Å². The number of methoxy groups -OCH3 is 4. The summed E-state index contributed by atoms with van der Waals surface area (Å²) < 4.78 is 54.6. The molecule has 0 aliphatic heterocycles. The normalized spacial score (nSPS) is 13.8. The van der Waals surface area contributed by atoms with Gasteiger partial charge in [0.1, 0.15) is 24.4 Å². The van der Waals surface area contributed by atoms with Gasteiger partial charge >= 0.3 is 0 Å². The second-order valence-electron chi connectivity index (χ2n) is 21.4. The predicted molar refractivity (Wildman–Crippen MR) is 303 cm³/mol. The first-order valence-electron chi connectivity index (χ1n) is 31.1. The summed E-state index contributed by atoms with van der Waals surface area (Å²) in [7, 11) is 6.93. The average molecular weight is 1020 g/mol. The summed E-state index contributed by atoms with van der Waals surface area (Å²) in [6.07, 6.45) is 53.1. The molecular weight excluding hydrogens is 889 g/mol. The second-order valence-corrected chi connectivity index (χ2v) is 21.4. The third kappa shape index (κ3) is 50.2. The van der Waals surface area contributed by atoms with Crippen LogP contribution in [0.5, 0.6) is 0 Å². The van der Waals surface area contributed by atoms with Crippen LogP contribution in [0.1, 0.15) is 285 Å². The summed E-state index contributed by atoms with van der Waals surface area (Å²) in [6, 6.07) is 0. The molecular formula is C62H126O9. The van der Waals surface area contributed by atoms with E-state index in [1.165, 1.54) is 231 Å². The molecule has 0 aliphatic carbocycles. The van der Waals surface area contributed by atoms with Crippen LogP contribution in [0.4, 0.5) is 0 Å². The molecule has 9 nitrogen and oxygen atoms in total. The van der Waals surface area contributed by atoms with E-state index in [9.17, 15) is 0 Å². The van der Waals surface area contributed by atoms with Crippen molar-refractivity contribution in [3.05, 3.63) is 0 Å². The Morgan fingerprint density at radius 1 is 0.197 bits per heavy atom. The molecule has 0 rings (SSSR count). The van der Waals surface area contributed by atoms with Gasteiger partial charge in [-0.25, -0.2) is 0 Å². The molecule has 0 aromatic carbocycles. The molecule has 71 heavy (non-hydrogen) atoms. The SMILES string of the molecule is CCCCCCCCCCCC(CCCCCCCCCCC)OCC(COCC(COCC(COCC(COC(CCCCCCCCCCC)CCCCCCCCCCC)OC)OC)OC)OC. The van der Waals surface area contributed by atoms with Gasteiger partial charge in [0.15, 0.2) is 0 Å². The summed E-state index contributed by atoms with van der Waals surface area (Å²) >= 11 is 0. The molecule has 0 bridgehead atoms. The summed E-state index contributed by atoms with van der Waals surface area (Å²) in [5, 5.41) is 0. The van der Waals surface area contributed by atoms with Gasteiger partial charge in [-0.1, -0.05) is 259 Å². The van der Waals surface area contributed by atoms with Crippen LogP contribution in [0, 0.1) is 0 Å². The lowest BCUT2D eigenvalue weighted by atomic mass is 10.0. The van der Waals surface area contributed by atoms with E-state index in [4.69, 9.17) is 42.6 Å². The Labute approximate surface area is 443 Å². The third-order valence-corrected chi connectivity index (χ3v) is 14.7. The second kappa shape index (κ2) is 58.9. The minimum absolute atomic E-state index is 0.121.